The Bertz CT molecular complexity index is 1420. The Morgan fingerprint density at radius 3 is 2.29 bits per heavy atom. The van der Waals surface area contributed by atoms with Crippen LogP contribution in [-0.2, 0) is 0 Å². The Balaban J connectivity index is 1.29. The second-order valence-corrected chi connectivity index (χ2v) is 8.82. The van der Waals surface area contributed by atoms with E-state index in [4.69, 9.17) is 9.97 Å². The van der Waals surface area contributed by atoms with Crippen LogP contribution in [0.1, 0.15) is 10.4 Å². The van der Waals surface area contributed by atoms with Gasteiger partial charge in [-0.05, 0) is 42.5 Å². The number of rotatable bonds is 2. The largest absolute Gasteiger partial charge is 0.368 e. The van der Waals surface area contributed by atoms with Crippen molar-refractivity contribution in [3.63, 3.8) is 0 Å². The van der Waals surface area contributed by atoms with Crippen molar-refractivity contribution in [3.05, 3.63) is 78.4 Å². The van der Waals surface area contributed by atoms with Gasteiger partial charge in [0.05, 0.1) is 11.0 Å². The molecule has 1 aliphatic rings. The molecule has 2 aromatic heterocycles. The summed E-state index contributed by atoms with van der Waals surface area (Å²) in [5, 5.41) is 1.01. The SMILES string of the molecule is O=C(c1ccc2sc3nc4ccccc4nc3c2c1)N1CCN(c2ccccc2)CC1. The number of fused-ring (bicyclic) bond motifs is 4. The number of benzene rings is 3. The number of thiophene rings is 1. The molecule has 0 saturated carbocycles. The number of amides is 1. The minimum Gasteiger partial charge on any atom is -0.368 e. The van der Waals surface area contributed by atoms with Crippen LogP contribution in [0.5, 0.6) is 0 Å². The molecule has 31 heavy (non-hydrogen) atoms. The summed E-state index contributed by atoms with van der Waals surface area (Å²) in [5.74, 6) is 0.0858. The van der Waals surface area contributed by atoms with E-state index < -0.39 is 0 Å². The van der Waals surface area contributed by atoms with Crippen molar-refractivity contribution in [2.45, 2.75) is 0 Å². The van der Waals surface area contributed by atoms with E-state index in [2.05, 4.69) is 29.2 Å². The number of nitrogens with zero attached hydrogens (tertiary/aromatic N) is 4. The Labute approximate surface area is 183 Å². The predicted octanol–water partition coefficient (Wildman–Crippen LogP) is 4.96. The lowest BCUT2D eigenvalue weighted by molar-refractivity contribution is 0.0747. The van der Waals surface area contributed by atoms with Crippen molar-refractivity contribution < 1.29 is 4.79 Å². The molecule has 1 saturated heterocycles. The topological polar surface area (TPSA) is 49.3 Å². The van der Waals surface area contributed by atoms with E-state index in [-0.39, 0.29) is 5.91 Å². The molecule has 5 nitrogen and oxygen atoms in total. The van der Waals surface area contributed by atoms with E-state index in [0.29, 0.717) is 0 Å². The predicted molar refractivity (Wildman–Crippen MR) is 127 cm³/mol. The van der Waals surface area contributed by atoms with Crippen LogP contribution < -0.4 is 4.90 Å². The molecule has 6 heteroatoms. The van der Waals surface area contributed by atoms with Gasteiger partial charge in [0.2, 0.25) is 0 Å². The van der Waals surface area contributed by atoms with Crippen LogP contribution in [0.3, 0.4) is 0 Å². The molecule has 1 aliphatic heterocycles. The van der Waals surface area contributed by atoms with Crippen LogP contribution in [0.15, 0.2) is 72.8 Å². The van der Waals surface area contributed by atoms with Gasteiger partial charge in [0.25, 0.3) is 5.91 Å². The minimum atomic E-state index is 0.0858. The lowest BCUT2D eigenvalue weighted by Crippen LogP contribution is -2.48. The summed E-state index contributed by atoms with van der Waals surface area (Å²) in [7, 11) is 0. The van der Waals surface area contributed by atoms with Gasteiger partial charge in [-0.1, -0.05) is 30.3 Å². The molecular weight excluding hydrogens is 404 g/mol. The zero-order chi connectivity index (χ0) is 20.8. The monoisotopic (exact) mass is 424 g/mol. The number of carbonyl (C=O) groups excluding carboxylic acids is 1. The fourth-order valence-electron chi connectivity index (χ4n) is 4.26. The van der Waals surface area contributed by atoms with E-state index in [1.54, 1.807) is 11.3 Å². The molecule has 152 valence electrons. The molecule has 6 rings (SSSR count). The molecule has 3 aromatic carbocycles. The third-order valence-electron chi connectivity index (χ3n) is 5.92. The van der Waals surface area contributed by atoms with Gasteiger partial charge in [-0.2, -0.15) is 0 Å². The third-order valence-corrected chi connectivity index (χ3v) is 6.97. The van der Waals surface area contributed by atoms with E-state index in [1.807, 2.05) is 53.4 Å². The first-order valence-electron chi connectivity index (χ1n) is 10.4. The van der Waals surface area contributed by atoms with E-state index in [0.717, 1.165) is 63.2 Å². The van der Waals surface area contributed by atoms with Gasteiger partial charge in [-0.15, -0.1) is 11.3 Å². The molecule has 0 spiro atoms. The van der Waals surface area contributed by atoms with Crippen molar-refractivity contribution in [3.8, 4) is 0 Å². The maximum absolute atomic E-state index is 13.2. The van der Waals surface area contributed by atoms with Crippen molar-refractivity contribution >= 4 is 54.4 Å². The summed E-state index contributed by atoms with van der Waals surface area (Å²) in [6.07, 6.45) is 0. The molecule has 0 radical (unpaired) electrons. The Kier molecular flexibility index (Phi) is 4.32. The van der Waals surface area contributed by atoms with Crippen LogP contribution in [0, 0.1) is 0 Å². The number of hydrogen-bond acceptors (Lipinski definition) is 5. The first-order valence-corrected chi connectivity index (χ1v) is 11.3. The van der Waals surface area contributed by atoms with Gasteiger partial charge in [-0.3, -0.25) is 4.79 Å². The second-order valence-electron chi connectivity index (χ2n) is 7.79. The molecule has 0 aliphatic carbocycles. The normalized spacial score (nSPS) is 14.6. The van der Waals surface area contributed by atoms with Crippen molar-refractivity contribution in [2.24, 2.45) is 0 Å². The Hall–Kier alpha value is -3.51. The zero-order valence-electron chi connectivity index (χ0n) is 16.9. The molecule has 1 fully saturated rings. The average Bonchev–Trinajstić information content (AvgIpc) is 3.19. The van der Waals surface area contributed by atoms with Crippen LogP contribution in [0.2, 0.25) is 0 Å². The van der Waals surface area contributed by atoms with Crippen molar-refractivity contribution in [1.82, 2.24) is 14.9 Å². The van der Waals surface area contributed by atoms with Crippen LogP contribution in [0.25, 0.3) is 31.5 Å². The highest BCUT2D eigenvalue weighted by molar-refractivity contribution is 7.25. The molecule has 3 heterocycles. The fourth-order valence-corrected chi connectivity index (χ4v) is 5.27. The number of carbonyl (C=O) groups is 1. The van der Waals surface area contributed by atoms with Gasteiger partial charge >= 0.3 is 0 Å². The zero-order valence-corrected chi connectivity index (χ0v) is 17.7. The molecule has 0 bridgehead atoms. The minimum absolute atomic E-state index is 0.0858. The molecule has 1 amide bonds. The lowest BCUT2D eigenvalue weighted by atomic mass is 10.1. The maximum atomic E-state index is 13.2. The van der Waals surface area contributed by atoms with E-state index in [1.165, 1.54) is 5.69 Å². The fraction of sp³-hybridized carbons (Fsp3) is 0.160. The van der Waals surface area contributed by atoms with Crippen molar-refractivity contribution in [1.29, 1.82) is 0 Å². The molecule has 0 N–H and O–H groups in total. The summed E-state index contributed by atoms with van der Waals surface area (Å²) in [6.45, 7) is 3.13. The smallest absolute Gasteiger partial charge is 0.253 e. The molecular formula is C25H20N4OS. The maximum Gasteiger partial charge on any atom is 0.253 e. The summed E-state index contributed by atoms with van der Waals surface area (Å²) in [5.41, 5.74) is 4.58. The van der Waals surface area contributed by atoms with Gasteiger partial charge in [0.15, 0.2) is 0 Å². The lowest BCUT2D eigenvalue weighted by Gasteiger charge is -2.36. The quantitative estimate of drug-likeness (QED) is 0.402. The standard InChI is InChI=1S/C25H20N4OS/c30-25(29-14-12-28(13-15-29)18-6-2-1-3-7-18)17-10-11-22-19(16-17)23-24(31-22)27-21-9-5-4-8-20(21)26-23/h1-11,16H,12-15H2. The highest BCUT2D eigenvalue weighted by atomic mass is 32.1. The van der Waals surface area contributed by atoms with Gasteiger partial charge in [-0.25, -0.2) is 9.97 Å². The van der Waals surface area contributed by atoms with E-state index in [9.17, 15) is 4.79 Å². The first-order chi connectivity index (χ1) is 15.3. The Morgan fingerprint density at radius 1 is 0.806 bits per heavy atom. The van der Waals surface area contributed by atoms with Crippen LogP contribution in [0.4, 0.5) is 5.69 Å². The third kappa shape index (κ3) is 3.20. The van der Waals surface area contributed by atoms with Crippen molar-refractivity contribution in [2.75, 3.05) is 31.1 Å². The number of hydrogen-bond donors (Lipinski definition) is 0. The summed E-state index contributed by atoms with van der Waals surface area (Å²) < 4.78 is 1.11. The average molecular weight is 425 g/mol. The number of piperazine rings is 1. The number of para-hydroxylation sites is 3. The van der Waals surface area contributed by atoms with Crippen LogP contribution >= 0.6 is 11.3 Å². The van der Waals surface area contributed by atoms with E-state index >= 15 is 0 Å². The van der Waals surface area contributed by atoms with Gasteiger partial charge < -0.3 is 9.80 Å². The highest BCUT2D eigenvalue weighted by Gasteiger charge is 2.23. The number of anilines is 1. The summed E-state index contributed by atoms with van der Waals surface area (Å²) >= 11 is 1.63. The summed E-state index contributed by atoms with van der Waals surface area (Å²) in [6, 6.07) is 24.2. The first kappa shape index (κ1) is 18.3. The number of aromatic nitrogens is 2. The van der Waals surface area contributed by atoms with Gasteiger partial charge in [0, 0.05) is 47.5 Å². The molecule has 0 unspecified atom stereocenters. The van der Waals surface area contributed by atoms with Gasteiger partial charge in [0.1, 0.15) is 10.3 Å². The molecule has 0 atom stereocenters. The molecule has 5 aromatic rings. The summed E-state index contributed by atoms with van der Waals surface area (Å²) in [4.78, 5) is 28.0. The second kappa shape index (κ2) is 7.32. The Morgan fingerprint density at radius 2 is 1.52 bits per heavy atom. The van der Waals surface area contributed by atoms with Crippen LogP contribution in [-0.4, -0.2) is 47.0 Å². The highest BCUT2D eigenvalue weighted by Crippen LogP contribution is 2.33.